The number of aliphatic carboxylic acids is 1. The Balaban J connectivity index is 1.85. The zero-order valence-corrected chi connectivity index (χ0v) is 15.1. The first-order valence-corrected chi connectivity index (χ1v) is 8.49. The molecule has 2 N–H and O–H groups in total. The number of carbonyl (C=O) groups excluding carboxylic acids is 1. The van der Waals surface area contributed by atoms with E-state index in [0.29, 0.717) is 0 Å². The van der Waals surface area contributed by atoms with E-state index in [1.807, 2.05) is 18.2 Å². The second-order valence-electron chi connectivity index (χ2n) is 7.16. The molecule has 138 valence electrons. The van der Waals surface area contributed by atoms with Gasteiger partial charge in [-0.25, -0.2) is 9.59 Å². The monoisotopic (exact) mass is 349 g/mol. The Kier molecular flexibility index (Phi) is 6.25. The number of benzene rings is 1. The van der Waals surface area contributed by atoms with Gasteiger partial charge in [-0.3, -0.25) is 4.90 Å². The molecule has 1 fully saturated rings. The number of ether oxygens (including phenoxy) is 1. The molecule has 0 spiro atoms. The minimum absolute atomic E-state index is 0.261. The number of carboxylic acids is 1. The van der Waals surface area contributed by atoms with Crippen molar-refractivity contribution in [2.75, 3.05) is 37.6 Å². The van der Waals surface area contributed by atoms with Crippen molar-refractivity contribution < 1.29 is 19.4 Å². The third-order valence-corrected chi connectivity index (χ3v) is 3.92. The number of nitrogens with zero attached hydrogens (tertiary/aromatic N) is 2. The first-order chi connectivity index (χ1) is 11.7. The molecule has 0 unspecified atom stereocenters. The molecule has 25 heavy (non-hydrogen) atoms. The number of hydrogen-bond acceptors (Lipinski definition) is 5. The molecule has 7 heteroatoms. The minimum atomic E-state index is -1.06. The van der Waals surface area contributed by atoms with Crippen LogP contribution < -0.4 is 10.2 Å². The number of piperazine rings is 1. The van der Waals surface area contributed by atoms with Crippen LogP contribution in [-0.2, 0) is 9.53 Å². The molecule has 1 aromatic carbocycles. The van der Waals surface area contributed by atoms with Crippen molar-refractivity contribution >= 4 is 17.7 Å². The van der Waals surface area contributed by atoms with E-state index in [1.54, 1.807) is 20.8 Å². The summed E-state index contributed by atoms with van der Waals surface area (Å²) >= 11 is 0. The van der Waals surface area contributed by atoms with Crippen molar-refractivity contribution in [2.24, 2.45) is 0 Å². The quantitative estimate of drug-likeness (QED) is 0.843. The van der Waals surface area contributed by atoms with E-state index in [0.717, 1.165) is 26.2 Å². The summed E-state index contributed by atoms with van der Waals surface area (Å²) in [5.74, 6) is -1.06. The SMILES string of the molecule is CC(C)(C)OC(=O)N[C@@H](CN1CCN(c2ccccc2)CC1)C(=O)O. The summed E-state index contributed by atoms with van der Waals surface area (Å²) in [4.78, 5) is 27.6. The second-order valence-corrected chi connectivity index (χ2v) is 7.16. The molecular formula is C18H27N3O4. The van der Waals surface area contributed by atoms with E-state index in [2.05, 4.69) is 27.2 Å². The first kappa shape index (κ1) is 19.1. The van der Waals surface area contributed by atoms with E-state index in [4.69, 9.17) is 4.74 Å². The van der Waals surface area contributed by atoms with Crippen LogP contribution in [0.25, 0.3) is 0 Å². The Bertz CT molecular complexity index is 578. The fourth-order valence-corrected chi connectivity index (χ4v) is 2.72. The molecule has 0 radical (unpaired) electrons. The molecular weight excluding hydrogens is 322 g/mol. The van der Waals surface area contributed by atoms with E-state index >= 15 is 0 Å². The lowest BCUT2D eigenvalue weighted by Gasteiger charge is -2.37. The van der Waals surface area contributed by atoms with E-state index in [9.17, 15) is 14.7 Å². The second kappa shape index (κ2) is 8.20. The number of rotatable bonds is 5. The summed E-state index contributed by atoms with van der Waals surface area (Å²) in [6.45, 7) is 8.62. The molecule has 1 atom stereocenters. The normalized spacial score (nSPS) is 17.0. The number of anilines is 1. The average molecular weight is 349 g/mol. The number of carboxylic acid groups (broad SMARTS) is 1. The van der Waals surface area contributed by atoms with Crippen LogP contribution in [0.1, 0.15) is 20.8 Å². The molecule has 0 bridgehead atoms. The predicted octanol–water partition coefficient (Wildman–Crippen LogP) is 1.79. The molecule has 0 aromatic heterocycles. The highest BCUT2D eigenvalue weighted by molar-refractivity contribution is 5.80. The fraction of sp³-hybridized carbons (Fsp3) is 0.556. The van der Waals surface area contributed by atoms with Gasteiger partial charge in [0, 0.05) is 38.4 Å². The van der Waals surface area contributed by atoms with Crippen LogP contribution >= 0.6 is 0 Å². The zero-order chi connectivity index (χ0) is 18.4. The molecule has 1 heterocycles. The van der Waals surface area contributed by atoms with Crippen LogP contribution in [0.2, 0.25) is 0 Å². The Hall–Kier alpha value is -2.28. The summed E-state index contributed by atoms with van der Waals surface area (Å²) in [7, 11) is 0. The highest BCUT2D eigenvalue weighted by Crippen LogP contribution is 2.15. The predicted molar refractivity (Wildman–Crippen MR) is 95.9 cm³/mol. The van der Waals surface area contributed by atoms with Gasteiger partial charge in [0.05, 0.1) is 0 Å². The van der Waals surface area contributed by atoms with Crippen molar-refractivity contribution in [3.05, 3.63) is 30.3 Å². The van der Waals surface area contributed by atoms with Gasteiger partial charge < -0.3 is 20.1 Å². The maximum absolute atomic E-state index is 11.8. The van der Waals surface area contributed by atoms with E-state index < -0.39 is 23.7 Å². The number of nitrogens with one attached hydrogen (secondary N) is 1. The lowest BCUT2D eigenvalue weighted by molar-refractivity contribution is -0.140. The van der Waals surface area contributed by atoms with Crippen LogP contribution in [0.3, 0.4) is 0 Å². The average Bonchev–Trinajstić information content (AvgIpc) is 2.54. The highest BCUT2D eigenvalue weighted by Gasteiger charge is 2.27. The highest BCUT2D eigenvalue weighted by atomic mass is 16.6. The Morgan fingerprint density at radius 1 is 1.16 bits per heavy atom. The third-order valence-electron chi connectivity index (χ3n) is 3.92. The van der Waals surface area contributed by atoms with Crippen molar-refractivity contribution in [1.82, 2.24) is 10.2 Å². The summed E-state index contributed by atoms with van der Waals surface area (Å²) < 4.78 is 5.14. The summed E-state index contributed by atoms with van der Waals surface area (Å²) in [5, 5.41) is 11.8. The molecule has 1 aromatic rings. The largest absolute Gasteiger partial charge is 0.480 e. The van der Waals surface area contributed by atoms with Crippen molar-refractivity contribution in [1.29, 1.82) is 0 Å². The van der Waals surface area contributed by atoms with Gasteiger partial charge in [0.1, 0.15) is 11.6 Å². The van der Waals surface area contributed by atoms with E-state index in [1.165, 1.54) is 5.69 Å². The van der Waals surface area contributed by atoms with Gasteiger partial charge in [-0.1, -0.05) is 18.2 Å². The molecule has 2 rings (SSSR count). The van der Waals surface area contributed by atoms with Crippen LogP contribution in [0.4, 0.5) is 10.5 Å². The molecule has 1 aliphatic rings. The lowest BCUT2D eigenvalue weighted by Crippen LogP contribution is -2.54. The summed E-state index contributed by atoms with van der Waals surface area (Å²) in [6, 6.07) is 9.15. The van der Waals surface area contributed by atoms with Crippen molar-refractivity contribution in [2.45, 2.75) is 32.4 Å². The van der Waals surface area contributed by atoms with Gasteiger partial charge in [0.25, 0.3) is 0 Å². The Labute approximate surface area is 148 Å². The van der Waals surface area contributed by atoms with Crippen molar-refractivity contribution in [3.63, 3.8) is 0 Å². The summed E-state index contributed by atoms with van der Waals surface area (Å²) in [6.07, 6.45) is -0.706. The third kappa shape index (κ3) is 6.26. The number of hydrogen-bond donors (Lipinski definition) is 2. The van der Waals surface area contributed by atoms with Crippen molar-refractivity contribution in [3.8, 4) is 0 Å². The molecule has 1 amide bonds. The molecule has 0 saturated carbocycles. The van der Waals surface area contributed by atoms with Gasteiger partial charge in [0.2, 0.25) is 0 Å². The van der Waals surface area contributed by atoms with Crippen LogP contribution in [-0.4, -0.2) is 66.4 Å². The smallest absolute Gasteiger partial charge is 0.408 e. The standard InChI is InChI=1S/C18H27N3O4/c1-18(2,3)25-17(24)19-15(16(22)23)13-20-9-11-21(12-10-20)14-7-5-4-6-8-14/h4-8,15H,9-13H2,1-3H3,(H,19,24)(H,22,23)/t15-/m0/s1. The number of para-hydroxylation sites is 1. The number of alkyl carbamates (subject to hydrolysis) is 1. The topological polar surface area (TPSA) is 82.1 Å². The Morgan fingerprint density at radius 2 is 1.76 bits per heavy atom. The fourth-order valence-electron chi connectivity index (χ4n) is 2.72. The van der Waals surface area contributed by atoms with Gasteiger partial charge >= 0.3 is 12.1 Å². The minimum Gasteiger partial charge on any atom is -0.480 e. The van der Waals surface area contributed by atoms with Crippen LogP contribution in [0.15, 0.2) is 30.3 Å². The maximum atomic E-state index is 11.8. The lowest BCUT2D eigenvalue weighted by atomic mass is 10.2. The van der Waals surface area contributed by atoms with Gasteiger partial charge in [-0.05, 0) is 32.9 Å². The zero-order valence-electron chi connectivity index (χ0n) is 15.1. The van der Waals surface area contributed by atoms with Crippen LogP contribution in [0.5, 0.6) is 0 Å². The number of carbonyl (C=O) groups is 2. The molecule has 7 nitrogen and oxygen atoms in total. The first-order valence-electron chi connectivity index (χ1n) is 8.49. The van der Waals surface area contributed by atoms with Gasteiger partial charge in [-0.15, -0.1) is 0 Å². The van der Waals surface area contributed by atoms with Crippen LogP contribution in [0, 0.1) is 0 Å². The number of amides is 1. The van der Waals surface area contributed by atoms with Gasteiger partial charge in [-0.2, -0.15) is 0 Å². The summed E-state index contributed by atoms with van der Waals surface area (Å²) in [5.41, 5.74) is 0.512. The molecule has 1 saturated heterocycles. The Morgan fingerprint density at radius 3 is 2.28 bits per heavy atom. The molecule has 1 aliphatic heterocycles. The van der Waals surface area contributed by atoms with Gasteiger partial charge in [0.15, 0.2) is 0 Å². The molecule has 0 aliphatic carbocycles. The maximum Gasteiger partial charge on any atom is 0.408 e. The van der Waals surface area contributed by atoms with E-state index in [-0.39, 0.29) is 6.54 Å².